The minimum absolute atomic E-state index is 0.00979. The van der Waals surface area contributed by atoms with Crippen molar-refractivity contribution in [2.75, 3.05) is 13.2 Å². The number of nitrogens with zero attached hydrogens (tertiary/aromatic N) is 3. The maximum Gasteiger partial charge on any atom is 0.335 e. The van der Waals surface area contributed by atoms with Gasteiger partial charge in [-0.05, 0) is 31.6 Å². The number of nitrogens with one attached hydrogen (secondary N) is 1. The van der Waals surface area contributed by atoms with E-state index < -0.39 is 0 Å². The molecule has 0 radical (unpaired) electrons. The molecule has 29 heavy (non-hydrogen) atoms. The molecule has 0 spiro atoms. The van der Waals surface area contributed by atoms with Gasteiger partial charge in [0.15, 0.2) is 0 Å². The van der Waals surface area contributed by atoms with Gasteiger partial charge in [0.05, 0.1) is 11.2 Å². The van der Waals surface area contributed by atoms with Crippen molar-refractivity contribution in [2.45, 2.75) is 40.5 Å². The van der Waals surface area contributed by atoms with E-state index in [1.54, 1.807) is 12.2 Å². The maximum atomic E-state index is 9.75. The lowest BCUT2D eigenvalue weighted by molar-refractivity contribution is 0.290. The molecule has 2 rings (SSSR count). The Balaban J connectivity index is 0.00000204. The number of aliphatic hydroxyl groups is 1. The molecule has 0 fully saturated rings. The molecule has 2 N–H and O–H groups in total. The predicted octanol–water partition coefficient (Wildman–Crippen LogP) is 5.65. The topological polar surface area (TPSA) is 80.2 Å². The lowest BCUT2D eigenvalue weighted by atomic mass is 10.2. The standard InChI is InChI=1S/C19H22Cl2N4O2.C2H6/c1-3-5-6-15(4-2)22-7-8-27-19-23-12-17(24-25-19)13-9-14(20)11-18(26)16(21)10-13;1-2/h4-6,9-10,12,22,26H,3,7-8,11H2,1-2H3;1-2H3/b6-5-,15-4+;. The Labute approximate surface area is 182 Å². The second kappa shape index (κ2) is 13.8. The van der Waals surface area contributed by atoms with Crippen LogP contribution in [0.25, 0.3) is 5.57 Å². The molecule has 1 heterocycles. The zero-order valence-electron chi connectivity index (χ0n) is 17.2. The van der Waals surface area contributed by atoms with Crippen molar-refractivity contribution in [1.82, 2.24) is 20.5 Å². The molecule has 0 atom stereocenters. The summed E-state index contributed by atoms with van der Waals surface area (Å²) in [7, 11) is 0. The lowest BCUT2D eigenvalue weighted by Gasteiger charge is -2.08. The van der Waals surface area contributed by atoms with Crippen LogP contribution >= 0.6 is 23.2 Å². The Morgan fingerprint density at radius 1 is 1.28 bits per heavy atom. The average molecular weight is 439 g/mol. The van der Waals surface area contributed by atoms with Gasteiger partial charge in [0.25, 0.3) is 0 Å². The molecule has 0 saturated carbocycles. The van der Waals surface area contributed by atoms with Crippen molar-refractivity contribution in [3.05, 3.63) is 63.8 Å². The van der Waals surface area contributed by atoms with E-state index in [0.29, 0.717) is 29.5 Å². The summed E-state index contributed by atoms with van der Waals surface area (Å²) in [4.78, 5) is 4.15. The van der Waals surface area contributed by atoms with Crippen LogP contribution in [-0.4, -0.2) is 33.4 Å². The Morgan fingerprint density at radius 2 is 2.03 bits per heavy atom. The molecular weight excluding hydrogens is 411 g/mol. The maximum absolute atomic E-state index is 9.75. The molecule has 1 aromatic rings. The summed E-state index contributed by atoms with van der Waals surface area (Å²) in [6.07, 6.45) is 12.0. The molecule has 8 heteroatoms. The second-order valence-electron chi connectivity index (χ2n) is 5.62. The highest BCUT2D eigenvalue weighted by Gasteiger charge is 2.13. The van der Waals surface area contributed by atoms with Gasteiger partial charge in [0.2, 0.25) is 0 Å². The van der Waals surface area contributed by atoms with Gasteiger partial charge in [-0.1, -0.05) is 61.2 Å². The van der Waals surface area contributed by atoms with Crippen molar-refractivity contribution in [1.29, 1.82) is 0 Å². The third-order valence-electron chi connectivity index (χ3n) is 3.55. The summed E-state index contributed by atoms with van der Waals surface area (Å²) < 4.78 is 5.50. The van der Waals surface area contributed by atoms with Crippen molar-refractivity contribution in [3.63, 3.8) is 0 Å². The van der Waals surface area contributed by atoms with E-state index in [1.807, 2.05) is 32.9 Å². The Hall–Kier alpha value is -2.31. The number of allylic oxidation sites excluding steroid dienone is 8. The van der Waals surface area contributed by atoms with Crippen LogP contribution in [0, 0.1) is 0 Å². The molecule has 6 nitrogen and oxygen atoms in total. The van der Waals surface area contributed by atoms with Crippen LogP contribution in [0.2, 0.25) is 0 Å². The summed E-state index contributed by atoms with van der Waals surface area (Å²) in [5.41, 5.74) is 2.13. The van der Waals surface area contributed by atoms with E-state index >= 15 is 0 Å². The van der Waals surface area contributed by atoms with E-state index in [2.05, 4.69) is 33.5 Å². The first kappa shape index (κ1) is 24.7. The number of halogens is 2. The Bertz CT molecular complexity index is 797. The van der Waals surface area contributed by atoms with Crippen LogP contribution in [0.15, 0.2) is 58.1 Å². The van der Waals surface area contributed by atoms with E-state index in [0.717, 1.165) is 12.1 Å². The van der Waals surface area contributed by atoms with E-state index in [-0.39, 0.29) is 23.2 Å². The highest BCUT2D eigenvalue weighted by Crippen LogP contribution is 2.29. The first-order valence-electron chi connectivity index (χ1n) is 9.58. The van der Waals surface area contributed by atoms with Crippen molar-refractivity contribution in [3.8, 4) is 6.01 Å². The lowest BCUT2D eigenvalue weighted by Crippen LogP contribution is -2.20. The van der Waals surface area contributed by atoms with Crippen molar-refractivity contribution >= 4 is 28.8 Å². The van der Waals surface area contributed by atoms with Gasteiger partial charge < -0.3 is 15.2 Å². The third-order valence-corrected chi connectivity index (χ3v) is 4.12. The Kier molecular flexibility index (Phi) is 11.8. The van der Waals surface area contributed by atoms with Gasteiger partial charge in [0, 0.05) is 29.3 Å². The van der Waals surface area contributed by atoms with E-state index in [4.69, 9.17) is 27.9 Å². The normalized spacial score (nSPS) is 14.6. The molecule has 0 aliphatic heterocycles. The summed E-state index contributed by atoms with van der Waals surface area (Å²) in [5, 5.41) is 21.7. The van der Waals surface area contributed by atoms with Gasteiger partial charge in [-0.15, -0.1) is 5.10 Å². The molecule has 158 valence electrons. The zero-order chi connectivity index (χ0) is 21.6. The molecule has 0 bridgehead atoms. The highest BCUT2D eigenvalue weighted by atomic mass is 35.5. The number of aromatic nitrogens is 3. The van der Waals surface area contributed by atoms with E-state index in [9.17, 15) is 5.11 Å². The molecule has 1 aliphatic rings. The first-order valence-corrected chi connectivity index (χ1v) is 10.3. The van der Waals surface area contributed by atoms with Gasteiger partial charge in [-0.25, -0.2) is 4.98 Å². The van der Waals surface area contributed by atoms with Crippen LogP contribution < -0.4 is 10.1 Å². The number of hydrogen-bond acceptors (Lipinski definition) is 6. The monoisotopic (exact) mass is 438 g/mol. The summed E-state index contributed by atoms with van der Waals surface area (Å²) >= 11 is 12.1. The van der Waals surface area contributed by atoms with Crippen LogP contribution in [0.4, 0.5) is 0 Å². The van der Waals surface area contributed by atoms with Crippen molar-refractivity contribution < 1.29 is 9.84 Å². The quantitative estimate of drug-likeness (QED) is 0.402. The summed E-state index contributed by atoms with van der Waals surface area (Å²) in [6, 6.07) is 0.181. The van der Waals surface area contributed by atoms with Crippen LogP contribution in [0.1, 0.15) is 46.2 Å². The SMILES string of the molecule is C/C=C(\C=C/CC)NCCOc1ncc(C2=CC(Cl)=C(O)CC(Cl)=C2)nn1.CC. The number of rotatable bonds is 8. The second-order valence-corrected chi connectivity index (χ2v) is 6.51. The number of ether oxygens (including phenoxy) is 1. The van der Waals surface area contributed by atoms with Crippen LogP contribution in [-0.2, 0) is 0 Å². The highest BCUT2D eigenvalue weighted by molar-refractivity contribution is 6.33. The molecule has 0 aromatic carbocycles. The molecule has 0 amide bonds. The zero-order valence-corrected chi connectivity index (χ0v) is 18.8. The fourth-order valence-corrected chi connectivity index (χ4v) is 2.60. The van der Waals surface area contributed by atoms with Crippen molar-refractivity contribution in [2.24, 2.45) is 0 Å². The summed E-state index contributed by atoms with van der Waals surface area (Å²) in [5.74, 6) is 0.00979. The van der Waals surface area contributed by atoms with Gasteiger partial charge in [-0.2, -0.15) is 0 Å². The predicted molar refractivity (Wildman–Crippen MR) is 120 cm³/mol. The minimum atomic E-state index is 0.00979. The van der Waals surface area contributed by atoms with E-state index in [1.165, 1.54) is 6.20 Å². The molecule has 0 saturated heterocycles. The van der Waals surface area contributed by atoms with Crippen LogP contribution in [0.5, 0.6) is 6.01 Å². The molecule has 1 aromatic heterocycles. The van der Waals surface area contributed by atoms with Gasteiger partial charge in [-0.3, -0.25) is 0 Å². The smallest absolute Gasteiger partial charge is 0.335 e. The largest absolute Gasteiger partial charge is 0.510 e. The first-order chi connectivity index (χ1) is 14.0. The third kappa shape index (κ3) is 8.71. The molecule has 1 aliphatic carbocycles. The average Bonchev–Trinajstić information content (AvgIpc) is 2.86. The minimum Gasteiger partial charge on any atom is -0.510 e. The Morgan fingerprint density at radius 3 is 2.66 bits per heavy atom. The molecular formula is C21H28Cl2N4O2. The van der Waals surface area contributed by atoms with Gasteiger partial charge in [0.1, 0.15) is 18.1 Å². The fourth-order valence-electron chi connectivity index (χ4n) is 2.18. The van der Waals surface area contributed by atoms with Gasteiger partial charge >= 0.3 is 6.01 Å². The summed E-state index contributed by atoms with van der Waals surface area (Å²) in [6.45, 7) is 9.07. The van der Waals surface area contributed by atoms with Crippen LogP contribution in [0.3, 0.4) is 0 Å². The fraction of sp³-hybridized carbons (Fsp3) is 0.381. The number of hydrogen-bond donors (Lipinski definition) is 2. The molecule has 0 unspecified atom stereocenters. The number of aliphatic hydroxyl groups excluding tert-OH is 1.